The van der Waals surface area contributed by atoms with Gasteiger partial charge in [-0.25, -0.2) is 4.98 Å². The maximum Gasteiger partial charge on any atom is 0.273 e. The second-order valence-corrected chi connectivity index (χ2v) is 9.50. The molecule has 0 N–H and O–H groups in total. The molecule has 7 nitrogen and oxygen atoms in total. The molecule has 3 heterocycles. The van der Waals surface area contributed by atoms with Gasteiger partial charge in [-0.1, -0.05) is 43.8 Å². The average Bonchev–Trinajstić information content (AvgIpc) is 3.58. The van der Waals surface area contributed by atoms with Gasteiger partial charge in [-0.2, -0.15) is 0 Å². The quantitative estimate of drug-likeness (QED) is 0.265. The Balaban J connectivity index is 1.56. The molecule has 0 aliphatic rings. The maximum absolute atomic E-state index is 12.9. The summed E-state index contributed by atoms with van der Waals surface area (Å²) in [6.45, 7) is 7.74. The summed E-state index contributed by atoms with van der Waals surface area (Å²) in [6, 6.07) is 11.8. The Kier molecular flexibility index (Phi) is 7.61. The van der Waals surface area contributed by atoms with Crippen molar-refractivity contribution in [2.75, 3.05) is 13.1 Å². The highest BCUT2D eigenvalue weighted by atomic mass is 32.2. The summed E-state index contributed by atoms with van der Waals surface area (Å²) in [5, 5.41) is 12.3. The molecule has 0 aliphatic heterocycles. The smallest absolute Gasteiger partial charge is 0.273 e. The number of hydrogen-bond donors (Lipinski definition) is 0. The lowest BCUT2D eigenvalue weighted by Crippen LogP contribution is -2.32. The van der Waals surface area contributed by atoms with Crippen molar-refractivity contribution in [3.8, 4) is 17.3 Å². The molecule has 9 heteroatoms. The predicted octanol–water partition coefficient (Wildman–Crippen LogP) is 5.85. The van der Waals surface area contributed by atoms with Crippen LogP contribution in [0, 0.1) is 6.92 Å². The normalized spacial score (nSPS) is 11.1. The zero-order valence-corrected chi connectivity index (χ0v) is 20.7. The van der Waals surface area contributed by atoms with Crippen LogP contribution < -0.4 is 0 Å². The molecular weight excluding hydrogens is 454 g/mol. The lowest BCUT2D eigenvalue weighted by Gasteiger charge is -2.20. The van der Waals surface area contributed by atoms with Gasteiger partial charge in [0.25, 0.3) is 5.91 Å². The topological polar surface area (TPSA) is 77.0 Å². The number of carbonyl (C=O) groups excluding carboxylic acids is 1. The Morgan fingerprint density at radius 3 is 2.61 bits per heavy atom. The minimum atomic E-state index is 0.00869. The van der Waals surface area contributed by atoms with Crippen molar-refractivity contribution in [2.24, 2.45) is 0 Å². The van der Waals surface area contributed by atoms with Gasteiger partial charge in [0, 0.05) is 18.5 Å². The summed E-state index contributed by atoms with van der Waals surface area (Å²) >= 11 is 3.05. The number of nitrogens with zero attached hydrogens (tertiary/aromatic N) is 5. The van der Waals surface area contributed by atoms with E-state index in [-0.39, 0.29) is 5.91 Å². The number of aryl methyl sites for hydroxylation is 1. The minimum Gasteiger partial charge on any atom is -0.461 e. The Morgan fingerprint density at radius 1 is 1.12 bits per heavy atom. The van der Waals surface area contributed by atoms with Gasteiger partial charge in [0.2, 0.25) is 5.82 Å². The number of rotatable bonds is 10. The highest BCUT2D eigenvalue weighted by Gasteiger charge is 2.21. The van der Waals surface area contributed by atoms with E-state index in [4.69, 9.17) is 4.42 Å². The molecule has 0 spiro atoms. The zero-order chi connectivity index (χ0) is 23.2. The van der Waals surface area contributed by atoms with Crippen molar-refractivity contribution in [3.05, 3.63) is 64.3 Å². The van der Waals surface area contributed by atoms with E-state index in [1.165, 1.54) is 11.3 Å². The third-order valence-corrected chi connectivity index (χ3v) is 7.07. The fourth-order valence-electron chi connectivity index (χ4n) is 3.58. The molecule has 0 fully saturated rings. The Labute approximate surface area is 201 Å². The van der Waals surface area contributed by atoms with Crippen molar-refractivity contribution < 1.29 is 9.21 Å². The van der Waals surface area contributed by atoms with Crippen LogP contribution in [0.4, 0.5) is 0 Å². The van der Waals surface area contributed by atoms with E-state index < -0.39 is 0 Å². The van der Waals surface area contributed by atoms with Gasteiger partial charge >= 0.3 is 0 Å². The molecule has 0 aliphatic carbocycles. The first-order valence-corrected chi connectivity index (χ1v) is 12.9. The van der Waals surface area contributed by atoms with Crippen molar-refractivity contribution in [2.45, 2.75) is 44.5 Å². The molecule has 0 atom stereocenters. The lowest BCUT2D eigenvalue weighted by atomic mass is 10.2. The number of para-hydroxylation sites is 1. The summed E-state index contributed by atoms with van der Waals surface area (Å²) in [7, 11) is 0. The van der Waals surface area contributed by atoms with Crippen molar-refractivity contribution >= 4 is 29.0 Å². The number of thioether (sulfide) groups is 1. The molecule has 0 saturated heterocycles. The number of amides is 1. The van der Waals surface area contributed by atoms with Crippen molar-refractivity contribution in [3.63, 3.8) is 0 Å². The van der Waals surface area contributed by atoms with Crippen LogP contribution in [0.2, 0.25) is 0 Å². The molecule has 3 aromatic heterocycles. The van der Waals surface area contributed by atoms with E-state index in [9.17, 15) is 4.79 Å². The fourth-order valence-corrected chi connectivity index (χ4v) is 5.31. The number of furan rings is 1. The third kappa shape index (κ3) is 5.20. The molecule has 33 heavy (non-hydrogen) atoms. The molecule has 0 bridgehead atoms. The average molecular weight is 482 g/mol. The summed E-state index contributed by atoms with van der Waals surface area (Å²) < 4.78 is 7.62. The van der Waals surface area contributed by atoms with Crippen LogP contribution in [-0.4, -0.2) is 43.6 Å². The first-order chi connectivity index (χ1) is 16.1. The standard InChI is InChI=1S/C24H27N5O2S2/c1-4-12-28(13-5-2)23(30)18-15-32-21(25-18)16-33-24-27-26-22(20-11-8-14-31-20)29(24)19-10-7-6-9-17(19)3/h6-11,14-15H,4-5,12-13,16H2,1-3H3. The van der Waals surface area contributed by atoms with Gasteiger partial charge < -0.3 is 9.32 Å². The van der Waals surface area contributed by atoms with E-state index in [1.54, 1.807) is 18.0 Å². The van der Waals surface area contributed by atoms with E-state index in [1.807, 2.05) is 45.2 Å². The molecular formula is C24H27N5O2S2. The molecule has 4 rings (SSSR count). The van der Waals surface area contributed by atoms with Gasteiger partial charge in [0.15, 0.2) is 10.9 Å². The predicted molar refractivity (Wildman–Crippen MR) is 132 cm³/mol. The summed E-state index contributed by atoms with van der Waals surface area (Å²) in [4.78, 5) is 19.4. The number of hydrogen-bond acceptors (Lipinski definition) is 7. The van der Waals surface area contributed by atoms with Gasteiger partial charge in [-0.05, 0) is 43.5 Å². The zero-order valence-electron chi connectivity index (χ0n) is 19.0. The van der Waals surface area contributed by atoms with Crippen LogP contribution in [0.1, 0.15) is 47.7 Å². The van der Waals surface area contributed by atoms with Gasteiger partial charge in [-0.15, -0.1) is 21.5 Å². The third-order valence-electron chi connectivity index (χ3n) is 5.10. The van der Waals surface area contributed by atoms with Crippen molar-refractivity contribution in [1.29, 1.82) is 0 Å². The molecule has 1 amide bonds. The van der Waals surface area contributed by atoms with Crippen LogP contribution in [0.15, 0.2) is 57.6 Å². The second-order valence-electron chi connectivity index (χ2n) is 7.61. The Hall–Kier alpha value is -2.91. The van der Waals surface area contributed by atoms with Crippen LogP contribution in [0.25, 0.3) is 17.3 Å². The molecule has 4 aromatic rings. The number of aromatic nitrogens is 4. The fraction of sp³-hybridized carbons (Fsp3) is 0.333. The first-order valence-electron chi connectivity index (χ1n) is 11.0. The monoisotopic (exact) mass is 481 g/mol. The SMILES string of the molecule is CCCN(CCC)C(=O)c1csc(CSc2nnc(-c3ccco3)n2-c2ccccc2C)n1. The maximum atomic E-state index is 12.9. The lowest BCUT2D eigenvalue weighted by molar-refractivity contribution is 0.0750. The van der Waals surface area contributed by atoms with Crippen LogP contribution in [0.3, 0.4) is 0 Å². The summed E-state index contributed by atoms with van der Waals surface area (Å²) in [5.74, 6) is 1.92. The van der Waals surface area contributed by atoms with E-state index in [0.717, 1.165) is 47.3 Å². The van der Waals surface area contributed by atoms with Crippen LogP contribution in [-0.2, 0) is 5.75 Å². The van der Waals surface area contributed by atoms with Crippen molar-refractivity contribution in [1.82, 2.24) is 24.6 Å². The second kappa shape index (κ2) is 10.8. The van der Waals surface area contributed by atoms with Gasteiger partial charge in [-0.3, -0.25) is 9.36 Å². The largest absolute Gasteiger partial charge is 0.461 e. The highest BCUT2D eigenvalue weighted by molar-refractivity contribution is 7.98. The Morgan fingerprint density at radius 2 is 1.91 bits per heavy atom. The first kappa shape index (κ1) is 23.3. The highest BCUT2D eigenvalue weighted by Crippen LogP contribution is 2.31. The van der Waals surface area contributed by atoms with Crippen LogP contribution >= 0.6 is 23.1 Å². The number of carbonyl (C=O) groups is 1. The summed E-state index contributed by atoms with van der Waals surface area (Å²) in [5.41, 5.74) is 2.64. The molecule has 0 radical (unpaired) electrons. The Bertz CT molecular complexity index is 1190. The van der Waals surface area contributed by atoms with Gasteiger partial charge in [0.05, 0.1) is 17.7 Å². The summed E-state index contributed by atoms with van der Waals surface area (Å²) in [6.07, 6.45) is 3.50. The van der Waals surface area contributed by atoms with E-state index in [0.29, 0.717) is 23.0 Å². The molecule has 1 aromatic carbocycles. The molecule has 0 saturated carbocycles. The van der Waals surface area contributed by atoms with E-state index in [2.05, 4.69) is 42.0 Å². The molecule has 172 valence electrons. The number of thiazole rings is 1. The van der Waals surface area contributed by atoms with Crippen LogP contribution in [0.5, 0.6) is 0 Å². The molecule has 0 unspecified atom stereocenters. The van der Waals surface area contributed by atoms with Gasteiger partial charge in [0.1, 0.15) is 10.7 Å². The minimum absolute atomic E-state index is 0.00869. The number of benzene rings is 1. The van der Waals surface area contributed by atoms with E-state index >= 15 is 0 Å².